The first-order valence-corrected chi connectivity index (χ1v) is 6.99. The molecule has 0 aliphatic carbocycles. The van der Waals surface area contributed by atoms with Gasteiger partial charge < -0.3 is 9.88 Å². The van der Waals surface area contributed by atoms with Gasteiger partial charge in [0.05, 0.1) is 17.2 Å². The van der Waals surface area contributed by atoms with Crippen molar-refractivity contribution in [1.82, 2.24) is 9.55 Å². The van der Waals surface area contributed by atoms with Crippen LogP contribution >= 0.6 is 0 Å². The SMILES string of the molecule is Cc1cccc(NCCn2c(=O)cnc3ccccc32)c1. The molecule has 1 N–H and O–H groups in total. The molecule has 0 amide bonds. The number of para-hydroxylation sites is 2. The molecule has 1 heterocycles. The van der Waals surface area contributed by atoms with Crippen molar-refractivity contribution in [2.45, 2.75) is 13.5 Å². The van der Waals surface area contributed by atoms with Gasteiger partial charge in [0.15, 0.2) is 0 Å². The molecule has 0 bridgehead atoms. The Balaban J connectivity index is 1.79. The lowest BCUT2D eigenvalue weighted by atomic mass is 10.2. The average molecular weight is 279 g/mol. The summed E-state index contributed by atoms with van der Waals surface area (Å²) < 4.78 is 1.76. The summed E-state index contributed by atoms with van der Waals surface area (Å²) in [5, 5.41) is 3.35. The Morgan fingerprint density at radius 2 is 2.00 bits per heavy atom. The number of aryl methyl sites for hydroxylation is 1. The van der Waals surface area contributed by atoms with E-state index in [4.69, 9.17) is 0 Å². The minimum absolute atomic E-state index is 0.0697. The maximum absolute atomic E-state index is 12.0. The van der Waals surface area contributed by atoms with Crippen LogP contribution in [0.3, 0.4) is 0 Å². The van der Waals surface area contributed by atoms with Gasteiger partial charge in [-0.2, -0.15) is 0 Å². The second kappa shape index (κ2) is 5.79. The quantitative estimate of drug-likeness (QED) is 0.799. The number of rotatable bonds is 4. The average Bonchev–Trinajstić information content (AvgIpc) is 2.50. The number of anilines is 1. The summed E-state index contributed by atoms with van der Waals surface area (Å²) in [6.45, 7) is 3.36. The lowest BCUT2D eigenvalue weighted by Crippen LogP contribution is -2.24. The van der Waals surface area contributed by atoms with Gasteiger partial charge >= 0.3 is 0 Å². The summed E-state index contributed by atoms with van der Waals surface area (Å²) in [4.78, 5) is 16.2. The van der Waals surface area contributed by atoms with Crippen molar-refractivity contribution < 1.29 is 0 Å². The molecule has 0 unspecified atom stereocenters. The molecule has 4 heteroatoms. The van der Waals surface area contributed by atoms with E-state index in [2.05, 4.69) is 29.4 Å². The number of benzene rings is 2. The molecule has 0 aliphatic rings. The van der Waals surface area contributed by atoms with E-state index >= 15 is 0 Å². The number of hydrogen-bond acceptors (Lipinski definition) is 3. The molecule has 0 atom stereocenters. The molecule has 2 aromatic carbocycles. The molecule has 0 radical (unpaired) electrons. The van der Waals surface area contributed by atoms with Crippen LogP contribution in [-0.2, 0) is 6.54 Å². The highest BCUT2D eigenvalue weighted by molar-refractivity contribution is 5.74. The van der Waals surface area contributed by atoms with E-state index in [1.54, 1.807) is 4.57 Å². The van der Waals surface area contributed by atoms with Crippen LogP contribution in [0, 0.1) is 6.92 Å². The van der Waals surface area contributed by atoms with Crippen LogP contribution in [0.1, 0.15) is 5.56 Å². The molecule has 3 aromatic rings. The summed E-state index contributed by atoms with van der Waals surface area (Å²) in [5.41, 5.74) is 3.93. The molecular weight excluding hydrogens is 262 g/mol. The van der Waals surface area contributed by atoms with Gasteiger partial charge in [-0.15, -0.1) is 0 Å². The zero-order chi connectivity index (χ0) is 14.7. The van der Waals surface area contributed by atoms with E-state index in [9.17, 15) is 4.79 Å². The van der Waals surface area contributed by atoms with E-state index in [0.717, 1.165) is 16.7 Å². The van der Waals surface area contributed by atoms with Gasteiger partial charge in [0.2, 0.25) is 0 Å². The van der Waals surface area contributed by atoms with Gasteiger partial charge in [0.25, 0.3) is 5.56 Å². The van der Waals surface area contributed by atoms with E-state index in [0.29, 0.717) is 13.1 Å². The van der Waals surface area contributed by atoms with Gasteiger partial charge in [-0.05, 0) is 36.8 Å². The van der Waals surface area contributed by atoms with E-state index in [1.807, 2.05) is 36.4 Å². The van der Waals surface area contributed by atoms with Gasteiger partial charge in [-0.3, -0.25) is 4.79 Å². The van der Waals surface area contributed by atoms with Crippen LogP contribution in [0.5, 0.6) is 0 Å². The summed E-state index contributed by atoms with van der Waals surface area (Å²) >= 11 is 0. The van der Waals surface area contributed by atoms with Crippen molar-refractivity contribution >= 4 is 16.7 Å². The maximum Gasteiger partial charge on any atom is 0.269 e. The number of nitrogens with zero attached hydrogens (tertiary/aromatic N) is 2. The Kier molecular flexibility index (Phi) is 3.69. The van der Waals surface area contributed by atoms with E-state index in [-0.39, 0.29) is 5.56 Å². The van der Waals surface area contributed by atoms with Crippen LogP contribution in [0.4, 0.5) is 5.69 Å². The number of aromatic nitrogens is 2. The highest BCUT2D eigenvalue weighted by atomic mass is 16.1. The first-order valence-electron chi connectivity index (χ1n) is 6.99. The Labute approximate surface area is 123 Å². The highest BCUT2D eigenvalue weighted by Gasteiger charge is 2.03. The minimum atomic E-state index is -0.0697. The molecule has 0 fully saturated rings. The molecule has 0 saturated carbocycles. The Morgan fingerprint density at radius 1 is 1.14 bits per heavy atom. The Bertz CT molecular complexity index is 823. The largest absolute Gasteiger partial charge is 0.383 e. The first kappa shape index (κ1) is 13.4. The second-order valence-electron chi connectivity index (χ2n) is 5.03. The first-order chi connectivity index (χ1) is 10.2. The Hall–Kier alpha value is -2.62. The fourth-order valence-corrected chi connectivity index (χ4v) is 2.41. The molecule has 21 heavy (non-hydrogen) atoms. The monoisotopic (exact) mass is 279 g/mol. The fourth-order valence-electron chi connectivity index (χ4n) is 2.41. The van der Waals surface area contributed by atoms with Crippen molar-refractivity contribution in [2.75, 3.05) is 11.9 Å². The van der Waals surface area contributed by atoms with Crippen molar-refractivity contribution in [3.05, 3.63) is 70.6 Å². The Morgan fingerprint density at radius 3 is 2.86 bits per heavy atom. The van der Waals surface area contributed by atoms with Crippen LogP contribution in [0.15, 0.2) is 59.5 Å². The van der Waals surface area contributed by atoms with Crippen molar-refractivity contribution in [3.8, 4) is 0 Å². The maximum atomic E-state index is 12.0. The van der Waals surface area contributed by atoms with Crippen molar-refractivity contribution in [2.24, 2.45) is 0 Å². The number of nitrogens with one attached hydrogen (secondary N) is 1. The summed E-state index contributed by atoms with van der Waals surface area (Å²) in [7, 11) is 0. The predicted molar refractivity (Wildman–Crippen MR) is 85.7 cm³/mol. The van der Waals surface area contributed by atoms with Gasteiger partial charge in [-0.25, -0.2) is 4.98 Å². The van der Waals surface area contributed by atoms with Crippen LogP contribution < -0.4 is 10.9 Å². The summed E-state index contributed by atoms with van der Waals surface area (Å²) in [5.74, 6) is 0. The van der Waals surface area contributed by atoms with E-state index in [1.165, 1.54) is 11.8 Å². The molecular formula is C17H17N3O. The lowest BCUT2D eigenvalue weighted by Gasteiger charge is -2.11. The zero-order valence-electron chi connectivity index (χ0n) is 11.9. The predicted octanol–water partition coefficient (Wildman–Crippen LogP) is 2.82. The highest BCUT2D eigenvalue weighted by Crippen LogP contribution is 2.10. The minimum Gasteiger partial charge on any atom is -0.383 e. The van der Waals surface area contributed by atoms with Crippen LogP contribution in [0.2, 0.25) is 0 Å². The van der Waals surface area contributed by atoms with Gasteiger partial charge in [0.1, 0.15) is 0 Å². The molecule has 106 valence electrons. The number of hydrogen-bond donors (Lipinski definition) is 1. The van der Waals surface area contributed by atoms with Gasteiger partial charge in [0, 0.05) is 18.8 Å². The summed E-state index contributed by atoms with van der Waals surface area (Å²) in [6, 6.07) is 15.9. The third kappa shape index (κ3) is 2.94. The topological polar surface area (TPSA) is 46.9 Å². The molecule has 0 saturated heterocycles. The molecule has 4 nitrogen and oxygen atoms in total. The van der Waals surface area contributed by atoms with Crippen LogP contribution in [0.25, 0.3) is 11.0 Å². The molecule has 1 aromatic heterocycles. The third-order valence-corrected chi connectivity index (χ3v) is 3.44. The fraction of sp³-hybridized carbons (Fsp3) is 0.176. The van der Waals surface area contributed by atoms with E-state index < -0.39 is 0 Å². The molecule has 0 spiro atoms. The standard InChI is InChI=1S/C17H17N3O/c1-13-5-4-6-14(11-13)18-9-10-20-16-8-3-2-7-15(16)19-12-17(20)21/h2-8,11-12,18H,9-10H2,1H3. The second-order valence-corrected chi connectivity index (χ2v) is 5.03. The lowest BCUT2D eigenvalue weighted by molar-refractivity contribution is 0.721. The smallest absolute Gasteiger partial charge is 0.269 e. The summed E-state index contributed by atoms with van der Waals surface area (Å²) in [6.07, 6.45) is 1.38. The third-order valence-electron chi connectivity index (χ3n) is 3.44. The van der Waals surface area contributed by atoms with Crippen molar-refractivity contribution in [1.29, 1.82) is 0 Å². The van der Waals surface area contributed by atoms with Crippen molar-refractivity contribution in [3.63, 3.8) is 0 Å². The van der Waals surface area contributed by atoms with Crippen LogP contribution in [-0.4, -0.2) is 16.1 Å². The number of fused-ring (bicyclic) bond motifs is 1. The zero-order valence-corrected chi connectivity index (χ0v) is 11.9. The molecule has 3 rings (SSSR count). The van der Waals surface area contributed by atoms with Gasteiger partial charge in [-0.1, -0.05) is 24.3 Å². The molecule has 0 aliphatic heterocycles. The normalized spacial score (nSPS) is 10.7.